The Balaban J connectivity index is 0. The minimum absolute atomic E-state index is 0. The first-order valence-corrected chi connectivity index (χ1v) is 1.32. The van der Waals surface area contributed by atoms with E-state index in [1.807, 2.05) is 0 Å². The van der Waals surface area contributed by atoms with Crippen molar-refractivity contribution in [1.29, 1.82) is 0 Å². The first-order valence-electron chi connectivity index (χ1n) is 1.32. The fraction of sp³-hybridized carbons (Fsp3) is 0.667. The second-order valence-electron chi connectivity index (χ2n) is 0.696. The number of ether oxygens (including phenoxy) is 1. The van der Waals surface area contributed by atoms with Crippen molar-refractivity contribution in [2.24, 2.45) is 0 Å². The third-order valence-corrected chi connectivity index (χ3v) is 0.287. The molecule has 0 aliphatic rings. The second-order valence-corrected chi connectivity index (χ2v) is 0.696. The molecule has 0 aliphatic heterocycles. The first kappa shape index (κ1) is 9.38. The molecule has 0 amide bonds. The maximum atomic E-state index is 9.59. The van der Waals surface area contributed by atoms with Crippen LogP contribution in [0.5, 0.6) is 0 Å². The van der Waals surface area contributed by atoms with Crippen molar-refractivity contribution in [3.05, 3.63) is 0 Å². The lowest BCUT2D eigenvalue weighted by Crippen LogP contribution is -1.88. The largest absolute Gasteiger partial charge is 0.469 e. The monoisotopic (exact) mass is 101 g/mol. The highest BCUT2D eigenvalue weighted by atomic mass is 27.0. The summed E-state index contributed by atoms with van der Waals surface area (Å²) in [4.78, 5) is 9.59. The molecule has 0 aliphatic carbocycles. The topological polar surface area (TPSA) is 26.3 Å². The Hall–Kier alpha value is 0.00247. The second kappa shape index (κ2) is 5.00. The summed E-state index contributed by atoms with van der Waals surface area (Å²) in [7, 11) is 1.35. The molecule has 3 heteroatoms. The van der Waals surface area contributed by atoms with Gasteiger partial charge in [0.05, 0.1) is 7.11 Å². The van der Waals surface area contributed by atoms with E-state index in [9.17, 15) is 4.79 Å². The van der Waals surface area contributed by atoms with E-state index in [0.717, 1.165) is 0 Å². The fourth-order valence-corrected chi connectivity index (χ4v) is 0. The van der Waals surface area contributed by atoms with Crippen molar-refractivity contribution in [3.8, 4) is 0 Å². The molecule has 0 N–H and O–H groups in total. The zero-order valence-electron chi connectivity index (χ0n) is 3.89. The van der Waals surface area contributed by atoms with E-state index in [0.29, 0.717) is 0 Å². The summed E-state index contributed by atoms with van der Waals surface area (Å²) in [5.74, 6) is -0.245. The smallest absolute Gasteiger partial charge is 0.302 e. The molecule has 0 aromatic rings. The van der Waals surface area contributed by atoms with E-state index >= 15 is 0 Å². The minimum Gasteiger partial charge on any atom is -0.469 e. The van der Waals surface area contributed by atoms with E-state index in [4.69, 9.17) is 0 Å². The number of hydrogen-bond acceptors (Lipinski definition) is 2. The van der Waals surface area contributed by atoms with Gasteiger partial charge in [0.25, 0.3) is 0 Å². The van der Waals surface area contributed by atoms with Crippen LogP contribution in [0.1, 0.15) is 6.92 Å². The Morgan fingerprint density at radius 1 is 1.67 bits per heavy atom. The first-order chi connectivity index (χ1) is 2.27. The van der Waals surface area contributed by atoms with Gasteiger partial charge in [0, 0.05) is 24.3 Å². The molecule has 0 atom stereocenters. The van der Waals surface area contributed by atoms with Crippen LogP contribution >= 0.6 is 0 Å². The molecule has 0 aromatic carbocycles. The normalized spacial score (nSPS) is 5.67. The minimum atomic E-state index is -0.245. The lowest BCUT2D eigenvalue weighted by atomic mass is 10.8. The van der Waals surface area contributed by atoms with Gasteiger partial charge in [0.1, 0.15) is 0 Å². The summed E-state index contributed by atoms with van der Waals surface area (Å²) >= 11 is 0. The van der Waals surface area contributed by atoms with E-state index in [1.54, 1.807) is 0 Å². The van der Waals surface area contributed by atoms with Gasteiger partial charge >= 0.3 is 5.97 Å². The predicted molar refractivity (Wildman–Crippen MR) is 23.4 cm³/mol. The maximum Gasteiger partial charge on any atom is 0.302 e. The molecule has 0 saturated carbocycles. The molecule has 0 heterocycles. The lowest BCUT2D eigenvalue weighted by Gasteiger charge is -1.80. The van der Waals surface area contributed by atoms with Crippen LogP contribution in [0.3, 0.4) is 0 Å². The average Bonchev–Trinajstić information content (AvgIpc) is 1.38. The Morgan fingerprint density at radius 2 is 1.83 bits per heavy atom. The van der Waals surface area contributed by atoms with Gasteiger partial charge in [-0.1, -0.05) is 0 Å². The van der Waals surface area contributed by atoms with Crippen LogP contribution < -0.4 is 0 Å². The summed E-state index contributed by atoms with van der Waals surface area (Å²) in [6.07, 6.45) is 0. The fourth-order valence-electron chi connectivity index (χ4n) is 0. The third kappa shape index (κ3) is 9.00. The quantitative estimate of drug-likeness (QED) is 0.312. The highest BCUT2D eigenvalue weighted by molar-refractivity contribution is 5.75. The molecule has 33 valence electrons. The Labute approximate surface area is 47.6 Å². The molecule has 0 unspecified atom stereocenters. The molecule has 6 heavy (non-hydrogen) atoms. The Bertz CT molecular complexity index is 44.1. The highest BCUT2D eigenvalue weighted by Crippen LogP contribution is 1.60. The number of carbonyl (C=O) groups excluding carboxylic acids is 1. The summed E-state index contributed by atoms with van der Waals surface area (Å²) in [5, 5.41) is 0. The maximum absolute atomic E-state index is 9.59. The van der Waals surface area contributed by atoms with Crippen LogP contribution in [-0.2, 0) is 9.53 Å². The van der Waals surface area contributed by atoms with Gasteiger partial charge < -0.3 is 4.74 Å². The number of hydrogen-bond donors (Lipinski definition) is 0. The van der Waals surface area contributed by atoms with E-state index in [-0.39, 0.29) is 23.3 Å². The third-order valence-electron chi connectivity index (χ3n) is 0.287. The lowest BCUT2D eigenvalue weighted by molar-refractivity contribution is -0.137. The number of esters is 1. The van der Waals surface area contributed by atoms with Crippen molar-refractivity contribution < 1.29 is 9.53 Å². The van der Waals surface area contributed by atoms with Crippen LogP contribution in [0.2, 0.25) is 0 Å². The molecule has 0 rings (SSSR count). The molecule has 0 bridgehead atoms. The molecular weight excluding hydrogens is 95.0 g/mol. The Morgan fingerprint density at radius 3 is 1.83 bits per heavy atom. The van der Waals surface area contributed by atoms with Crippen LogP contribution in [0, 0.1) is 0 Å². The van der Waals surface area contributed by atoms with Crippen molar-refractivity contribution in [2.45, 2.75) is 6.92 Å². The van der Waals surface area contributed by atoms with Crippen LogP contribution in [0.25, 0.3) is 0 Å². The van der Waals surface area contributed by atoms with Crippen molar-refractivity contribution in [2.75, 3.05) is 7.11 Å². The van der Waals surface area contributed by atoms with Gasteiger partial charge in [-0.3, -0.25) is 4.79 Å². The molecule has 0 fully saturated rings. The molecule has 3 radical (unpaired) electrons. The van der Waals surface area contributed by atoms with Gasteiger partial charge in [0.15, 0.2) is 0 Å². The zero-order chi connectivity index (χ0) is 4.28. The van der Waals surface area contributed by atoms with Gasteiger partial charge in [-0.25, -0.2) is 0 Å². The highest BCUT2D eigenvalue weighted by Gasteiger charge is 1.75. The van der Waals surface area contributed by atoms with Gasteiger partial charge in [-0.15, -0.1) is 0 Å². The molecule has 0 aromatic heterocycles. The number of carbonyl (C=O) groups is 1. The number of methoxy groups -OCH3 is 1. The standard InChI is InChI=1S/C3H6O2.Al/c1-3(4)5-2;/h1-2H3;. The van der Waals surface area contributed by atoms with E-state index in [2.05, 4.69) is 4.74 Å². The van der Waals surface area contributed by atoms with Gasteiger partial charge in [0.2, 0.25) is 0 Å². The predicted octanol–water partition coefficient (Wildman–Crippen LogP) is -0.202. The van der Waals surface area contributed by atoms with E-state index < -0.39 is 0 Å². The summed E-state index contributed by atoms with van der Waals surface area (Å²) in [6.45, 7) is 1.36. The summed E-state index contributed by atoms with van der Waals surface area (Å²) in [6, 6.07) is 0. The van der Waals surface area contributed by atoms with Crippen molar-refractivity contribution in [3.63, 3.8) is 0 Å². The van der Waals surface area contributed by atoms with Gasteiger partial charge in [-0.05, 0) is 0 Å². The molecule has 0 saturated heterocycles. The number of rotatable bonds is 0. The Kier molecular flexibility index (Phi) is 7.82. The summed E-state index contributed by atoms with van der Waals surface area (Å²) < 4.78 is 4.11. The van der Waals surface area contributed by atoms with E-state index in [1.165, 1.54) is 14.0 Å². The molecule has 0 spiro atoms. The van der Waals surface area contributed by atoms with Crippen LogP contribution in [0.15, 0.2) is 0 Å². The summed E-state index contributed by atoms with van der Waals surface area (Å²) in [5.41, 5.74) is 0. The van der Waals surface area contributed by atoms with Crippen molar-refractivity contribution >= 4 is 23.3 Å². The van der Waals surface area contributed by atoms with Crippen LogP contribution in [-0.4, -0.2) is 30.4 Å². The SMILES string of the molecule is COC(C)=O.[Al]. The molecule has 2 nitrogen and oxygen atoms in total. The molecular formula is C3H6AlO2. The zero-order valence-corrected chi connectivity index (χ0v) is 5.05. The van der Waals surface area contributed by atoms with Gasteiger partial charge in [-0.2, -0.15) is 0 Å². The average molecular weight is 101 g/mol. The van der Waals surface area contributed by atoms with Crippen LogP contribution in [0.4, 0.5) is 0 Å². The van der Waals surface area contributed by atoms with Crippen molar-refractivity contribution in [1.82, 2.24) is 0 Å².